The lowest BCUT2D eigenvalue weighted by molar-refractivity contribution is -0.286. The molecule has 0 aromatic rings. The fourth-order valence-corrected chi connectivity index (χ4v) is 3.23. The van der Waals surface area contributed by atoms with Gasteiger partial charge in [0.15, 0.2) is 5.60 Å². The maximum absolute atomic E-state index is 13.1. The van der Waals surface area contributed by atoms with Crippen molar-refractivity contribution in [3.8, 4) is 0 Å². The number of carbonyl (C=O) groups is 1. The van der Waals surface area contributed by atoms with Gasteiger partial charge in [-0.05, 0) is 6.42 Å². The van der Waals surface area contributed by atoms with Crippen molar-refractivity contribution in [1.29, 1.82) is 0 Å². The van der Waals surface area contributed by atoms with E-state index in [1.807, 2.05) is 6.92 Å². The van der Waals surface area contributed by atoms with Gasteiger partial charge in [-0.3, -0.25) is 10.1 Å². The fraction of sp³-hybridized carbons (Fsp3) is 0.923. The first-order valence-electron chi connectivity index (χ1n) is 7.16. The third-order valence-corrected chi connectivity index (χ3v) is 4.38. The summed E-state index contributed by atoms with van der Waals surface area (Å²) in [6.45, 7) is 2.02. The van der Waals surface area contributed by atoms with Gasteiger partial charge in [0.2, 0.25) is 5.91 Å². The number of fused-ring (bicyclic) bond motifs is 1. The molecule has 5 nitrogen and oxygen atoms in total. The van der Waals surface area contributed by atoms with Crippen LogP contribution >= 0.6 is 0 Å². The zero-order valence-corrected chi connectivity index (χ0v) is 11.9. The van der Waals surface area contributed by atoms with Gasteiger partial charge in [0.1, 0.15) is 0 Å². The molecule has 0 radical (unpaired) electrons. The SMILES string of the molecule is CCCC[C@]12C[C@](O)(C(F)(F)F)CC(=O)N1C[C@@H](O)CN2. The summed E-state index contributed by atoms with van der Waals surface area (Å²) in [6.07, 6.45) is -5.53. The van der Waals surface area contributed by atoms with Crippen LogP contribution in [0.25, 0.3) is 0 Å². The third kappa shape index (κ3) is 2.89. The molecule has 3 atom stereocenters. The Bertz CT molecular complexity index is 414. The molecule has 2 aliphatic rings. The monoisotopic (exact) mass is 310 g/mol. The van der Waals surface area contributed by atoms with Gasteiger partial charge in [-0.2, -0.15) is 13.2 Å². The molecule has 122 valence electrons. The van der Waals surface area contributed by atoms with E-state index in [9.17, 15) is 28.2 Å². The van der Waals surface area contributed by atoms with E-state index >= 15 is 0 Å². The molecule has 1 amide bonds. The number of alkyl halides is 3. The average molecular weight is 310 g/mol. The normalized spacial score (nSPS) is 37.5. The van der Waals surface area contributed by atoms with Crippen LogP contribution in [-0.2, 0) is 4.79 Å². The van der Waals surface area contributed by atoms with E-state index in [0.29, 0.717) is 12.8 Å². The number of amides is 1. The standard InChI is InChI=1S/C13H21F3N2O3/c1-2-3-4-12-8-11(21,13(14,15)16)5-10(20)18(12)7-9(19)6-17-12/h9,17,19,21H,2-8H2,1H3/t9-,11-,12+/m0/s1. The second kappa shape index (κ2) is 5.40. The van der Waals surface area contributed by atoms with Crippen molar-refractivity contribution < 1.29 is 28.2 Å². The van der Waals surface area contributed by atoms with Gasteiger partial charge in [-0.25, -0.2) is 0 Å². The number of unbranched alkanes of at least 4 members (excludes halogenated alkanes) is 1. The Labute approximate surface area is 121 Å². The first-order valence-corrected chi connectivity index (χ1v) is 7.16. The lowest BCUT2D eigenvalue weighted by Crippen LogP contribution is -2.75. The Morgan fingerprint density at radius 1 is 1.48 bits per heavy atom. The molecule has 8 heteroatoms. The molecule has 2 fully saturated rings. The number of β-amino-alcohol motifs (C(OH)–C–C–N with tert-alkyl or cyclic N) is 1. The second-order valence-corrected chi connectivity index (χ2v) is 6.06. The van der Waals surface area contributed by atoms with Gasteiger partial charge >= 0.3 is 6.18 Å². The molecular formula is C13H21F3N2O3. The van der Waals surface area contributed by atoms with Gasteiger partial charge in [-0.15, -0.1) is 0 Å². The summed E-state index contributed by atoms with van der Waals surface area (Å²) in [4.78, 5) is 13.4. The van der Waals surface area contributed by atoms with Gasteiger partial charge < -0.3 is 15.1 Å². The Morgan fingerprint density at radius 2 is 2.14 bits per heavy atom. The lowest BCUT2D eigenvalue weighted by Gasteiger charge is -2.56. The minimum absolute atomic E-state index is 0.00346. The molecule has 0 spiro atoms. The van der Waals surface area contributed by atoms with Crippen LogP contribution in [0, 0.1) is 0 Å². The first-order chi connectivity index (χ1) is 9.63. The molecule has 0 saturated carbocycles. The topological polar surface area (TPSA) is 72.8 Å². The Balaban J connectivity index is 2.34. The van der Waals surface area contributed by atoms with Crippen LogP contribution in [0.2, 0.25) is 0 Å². The Hall–Kier alpha value is -0.860. The molecule has 3 N–H and O–H groups in total. The Morgan fingerprint density at radius 3 is 2.71 bits per heavy atom. The number of aliphatic hydroxyl groups is 2. The van der Waals surface area contributed by atoms with Crippen molar-refractivity contribution in [3.63, 3.8) is 0 Å². The zero-order chi connectivity index (χ0) is 15.9. The summed E-state index contributed by atoms with van der Waals surface area (Å²) in [6, 6.07) is 0. The highest BCUT2D eigenvalue weighted by atomic mass is 19.4. The number of hydrogen-bond donors (Lipinski definition) is 3. The predicted molar refractivity (Wildman–Crippen MR) is 68.2 cm³/mol. The maximum Gasteiger partial charge on any atom is 0.417 e. The summed E-state index contributed by atoms with van der Waals surface area (Å²) in [7, 11) is 0. The van der Waals surface area contributed by atoms with Gasteiger partial charge in [-0.1, -0.05) is 19.8 Å². The van der Waals surface area contributed by atoms with Crippen molar-refractivity contribution in [1.82, 2.24) is 10.2 Å². The van der Waals surface area contributed by atoms with Crippen molar-refractivity contribution >= 4 is 5.91 Å². The van der Waals surface area contributed by atoms with Gasteiger partial charge in [0.05, 0.1) is 18.2 Å². The van der Waals surface area contributed by atoms with Crippen LogP contribution in [0.15, 0.2) is 0 Å². The van der Waals surface area contributed by atoms with Crippen molar-refractivity contribution in [3.05, 3.63) is 0 Å². The number of nitrogens with zero attached hydrogens (tertiary/aromatic N) is 1. The van der Waals surface area contributed by atoms with E-state index in [1.165, 1.54) is 4.90 Å². The van der Waals surface area contributed by atoms with Gasteiger partial charge in [0, 0.05) is 19.5 Å². The molecule has 2 rings (SSSR count). The van der Waals surface area contributed by atoms with E-state index in [4.69, 9.17) is 0 Å². The van der Waals surface area contributed by atoms with Crippen molar-refractivity contribution in [2.24, 2.45) is 0 Å². The van der Waals surface area contributed by atoms with E-state index < -0.39 is 42.3 Å². The van der Waals surface area contributed by atoms with E-state index in [-0.39, 0.29) is 13.1 Å². The van der Waals surface area contributed by atoms with Crippen LogP contribution < -0.4 is 5.32 Å². The maximum atomic E-state index is 13.1. The van der Waals surface area contributed by atoms with Crippen LogP contribution in [0.4, 0.5) is 13.2 Å². The molecule has 2 aliphatic heterocycles. The summed E-state index contributed by atoms with van der Waals surface area (Å²) >= 11 is 0. The molecule has 2 saturated heterocycles. The molecule has 0 aromatic heterocycles. The number of hydrogen-bond acceptors (Lipinski definition) is 4. The minimum Gasteiger partial charge on any atom is -0.390 e. The average Bonchev–Trinajstić information content (AvgIpc) is 2.37. The highest BCUT2D eigenvalue weighted by Crippen LogP contribution is 2.46. The van der Waals surface area contributed by atoms with Crippen LogP contribution in [-0.4, -0.2) is 57.7 Å². The quantitative estimate of drug-likeness (QED) is 0.719. The number of halogens is 3. The second-order valence-electron chi connectivity index (χ2n) is 6.06. The first kappa shape index (κ1) is 16.5. The van der Waals surface area contributed by atoms with Crippen LogP contribution in [0.3, 0.4) is 0 Å². The van der Waals surface area contributed by atoms with E-state index in [2.05, 4.69) is 5.32 Å². The number of aliphatic hydroxyl groups excluding tert-OH is 1. The molecule has 0 unspecified atom stereocenters. The van der Waals surface area contributed by atoms with Gasteiger partial charge in [0.25, 0.3) is 0 Å². The van der Waals surface area contributed by atoms with Crippen LogP contribution in [0.1, 0.15) is 39.0 Å². The zero-order valence-electron chi connectivity index (χ0n) is 11.9. The molecule has 0 aliphatic carbocycles. The molecule has 0 aromatic carbocycles. The molecule has 21 heavy (non-hydrogen) atoms. The largest absolute Gasteiger partial charge is 0.417 e. The predicted octanol–water partition coefficient (Wildman–Crippen LogP) is 0.753. The van der Waals surface area contributed by atoms with Crippen LogP contribution in [0.5, 0.6) is 0 Å². The fourth-order valence-electron chi connectivity index (χ4n) is 3.23. The highest BCUT2D eigenvalue weighted by Gasteiger charge is 2.64. The summed E-state index contributed by atoms with van der Waals surface area (Å²) < 4.78 is 39.4. The summed E-state index contributed by atoms with van der Waals surface area (Å²) in [5.74, 6) is -0.775. The third-order valence-electron chi connectivity index (χ3n) is 4.38. The summed E-state index contributed by atoms with van der Waals surface area (Å²) in [5, 5.41) is 22.5. The number of piperidine rings is 1. The molecular weight excluding hydrogens is 289 g/mol. The molecule has 2 heterocycles. The number of rotatable bonds is 3. The highest BCUT2D eigenvalue weighted by molar-refractivity contribution is 5.79. The van der Waals surface area contributed by atoms with E-state index in [0.717, 1.165) is 6.42 Å². The number of carbonyl (C=O) groups excluding carboxylic acids is 1. The molecule has 0 bridgehead atoms. The number of nitrogens with one attached hydrogen (secondary N) is 1. The van der Waals surface area contributed by atoms with E-state index in [1.54, 1.807) is 0 Å². The minimum atomic E-state index is -4.86. The lowest BCUT2D eigenvalue weighted by atomic mass is 9.77. The van der Waals surface area contributed by atoms with Crippen molar-refractivity contribution in [2.45, 2.75) is 62.6 Å². The smallest absolute Gasteiger partial charge is 0.390 e. The Kier molecular flexibility index (Phi) is 4.25. The summed E-state index contributed by atoms with van der Waals surface area (Å²) in [5.41, 5.74) is -4.24. The van der Waals surface area contributed by atoms with Crippen molar-refractivity contribution in [2.75, 3.05) is 13.1 Å².